The van der Waals surface area contributed by atoms with Crippen LogP contribution in [0.1, 0.15) is 51.9 Å². The summed E-state index contributed by atoms with van der Waals surface area (Å²) in [5, 5.41) is 13.1. The van der Waals surface area contributed by atoms with E-state index in [1.807, 2.05) is 0 Å². The molecule has 1 aliphatic carbocycles. The first-order valence-corrected chi connectivity index (χ1v) is 6.82. The number of aliphatic hydroxyl groups excluding tert-OH is 1. The lowest BCUT2D eigenvalue weighted by Gasteiger charge is -2.24. The van der Waals surface area contributed by atoms with Crippen LogP contribution in [0.2, 0.25) is 0 Å². The smallest absolute Gasteiger partial charge is 0.0897 e. The Labute approximate surface area is 99.6 Å². The van der Waals surface area contributed by atoms with Crippen molar-refractivity contribution >= 4 is 0 Å². The number of aliphatic hydroxyl groups is 1. The molecule has 3 nitrogen and oxygen atoms in total. The molecule has 0 radical (unpaired) electrons. The van der Waals surface area contributed by atoms with E-state index < -0.39 is 0 Å². The van der Waals surface area contributed by atoms with Crippen LogP contribution in [-0.4, -0.2) is 37.0 Å². The van der Waals surface area contributed by atoms with Crippen molar-refractivity contribution in [2.75, 3.05) is 19.8 Å². The molecule has 16 heavy (non-hydrogen) atoms. The van der Waals surface area contributed by atoms with Gasteiger partial charge in [-0.2, -0.15) is 0 Å². The Morgan fingerprint density at radius 3 is 2.75 bits per heavy atom. The van der Waals surface area contributed by atoms with Gasteiger partial charge in [0.05, 0.1) is 12.7 Å². The minimum atomic E-state index is -0.348. The van der Waals surface area contributed by atoms with Crippen LogP contribution in [0, 0.1) is 0 Å². The van der Waals surface area contributed by atoms with Gasteiger partial charge in [-0.05, 0) is 19.3 Å². The molecule has 0 amide bonds. The number of unbranched alkanes of at least 4 members (excludes halogenated alkanes) is 1. The number of hydrogen-bond acceptors (Lipinski definition) is 3. The van der Waals surface area contributed by atoms with Gasteiger partial charge in [-0.1, -0.05) is 32.6 Å². The first-order chi connectivity index (χ1) is 7.83. The second kappa shape index (κ2) is 8.97. The Morgan fingerprint density at radius 1 is 1.31 bits per heavy atom. The fourth-order valence-electron chi connectivity index (χ4n) is 2.13. The molecule has 0 aromatic rings. The van der Waals surface area contributed by atoms with E-state index in [0.29, 0.717) is 19.2 Å². The third-order valence-corrected chi connectivity index (χ3v) is 3.20. The summed E-state index contributed by atoms with van der Waals surface area (Å²) in [5.41, 5.74) is 0. The molecule has 1 aliphatic rings. The molecule has 1 unspecified atom stereocenters. The van der Waals surface area contributed by atoms with Crippen LogP contribution in [-0.2, 0) is 4.74 Å². The highest BCUT2D eigenvalue weighted by Crippen LogP contribution is 2.17. The summed E-state index contributed by atoms with van der Waals surface area (Å²) in [6.07, 6.45) is 8.47. The van der Waals surface area contributed by atoms with E-state index in [1.165, 1.54) is 32.1 Å². The summed E-state index contributed by atoms with van der Waals surface area (Å²) in [6, 6.07) is 0.624. The van der Waals surface area contributed by atoms with Crippen molar-refractivity contribution in [3.63, 3.8) is 0 Å². The van der Waals surface area contributed by atoms with Crippen molar-refractivity contribution < 1.29 is 9.84 Å². The third kappa shape index (κ3) is 6.46. The zero-order valence-corrected chi connectivity index (χ0v) is 10.6. The molecule has 2 N–H and O–H groups in total. The molecular formula is C13H27NO2. The summed E-state index contributed by atoms with van der Waals surface area (Å²) in [7, 11) is 0. The van der Waals surface area contributed by atoms with Crippen molar-refractivity contribution in [3.8, 4) is 0 Å². The average molecular weight is 229 g/mol. The highest BCUT2D eigenvalue weighted by Gasteiger charge is 2.14. The second-order valence-electron chi connectivity index (χ2n) is 4.83. The SMILES string of the molecule is CCCCOCC(O)CNC1CCCCC1. The molecule has 0 saturated heterocycles. The van der Waals surface area contributed by atoms with Crippen LogP contribution in [0.5, 0.6) is 0 Å². The fraction of sp³-hybridized carbons (Fsp3) is 1.00. The van der Waals surface area contributed by atoms with E-state index in [0.717, 1.165) is 19.4 Å². The van der Waals surface area contributed by atoms with Gasteiger partial charge < -0.3 is 15.2 Å². The monoisotopic (exact) mass is 229 g/mol. The normalized spacial score (nSPS) is 19.9. The van der Waals surface area contributed by atoms with Crippen LogP contribution >= 0.6 is 0 Å². The number of ether oxygens (including phenoxy) is 1. The van der Waals surface area contributed by atoms with Gasteiger partial charge >= 0.3 is 0 Å². The summed E-state index contributed by atoms with van der Waals surface area (Å²) in [4.78, 5) is 0. The molecule has 0 aliphatic heterocycles. The van der Waals surface area contributed by atoms with Gasteiger partial charge in [0, 0.05) is 19.2 Å². The number of hydrogen-bond donors (Lipinski definition) is 2. The second-order valence-corrected chi connectivity index (χ2v) is 4.83. The lowest BCUT2D eigenvalue weighted by molar-refractivity contribution is 0.0339. The van der Waals surface area contributed by atoms with Crippen molar-refractivity contribution in [2.45, 2.75) is 64.0 Å². The first-order valence-electron chi connectivity index (χ1n) is 6.82. The van der Waals surface area contributed by atoms with Crippen molar-refractivity contribution in [1.82, 2.24) is 5.32 Å². The Hall–Kier alpha value is -0.120. The van der Waals surface area contributed by atoms with E-state index >= 15 is 0 Å². The van der Waals surface area contributed by atoms with Gasteiger partial charge in [-0.25, -0.2) is 0 Å². The van der Waals surface area contributed by atoms with Crippen LogP contribution in [0.4, 0.5) is 0 Å². The topological polar surface area (TPSA) is 41.5 Å². The molecule has 1 saturated carbocycles. The molecule has 1 fully saturated rings. The fourth-order valence-corrected chi connectivity index (χ4v) is 2.13. The maximum atomic E-state index is 9.69. The van der Waals surface area contributed by atoms with E-state index in [1.54, 1.807) is 0 Å². The number of nitrogens with one attached hydrogen (secondary N) is 1. The summed E-state index contributed by atoms with van der Waals surface area (Å²) >= 11 is 0. The Morgan fingerprint density at radius 2 is 2.06 bits per heavy atom. The maximum absolute atomic E-state index is 9.69. The van der Waals surface area contributed by atoms with Gasteiger partial charge in [0.1, 0.15) is 0 Å². The molecule has 0 heterocycles. The summed E-state index contributed by atoms with van der Waals surface area (Å²) < 4.78 is 5.39. The molecule has 1 atom stereocenters. The van der Waals surface area contributed by atoms with Crippen LogP contribution in [0.3, 0.4) is 0 Å². The minimum absolute atomic E-state index is 0.348. The Kier molecular flexibility index (Phi) is 7.81. The van der Waals surface area contributed by atoms with Crippen molar-refractivity contribution in [3.05, 3.63) is 0 Å². The summed E-state index contributed by atoms with van der Waals surface area (Å²) in [5.74, 6) is 0. The van der Waals surface area contributed by atoms with Crippen LogP contribution < -0.4 is 5.32 Å². The minimum Gasteiger partial charge on any atom is -0.389 e. The van der Waals surface area contributed by atoms with Crippen LogP contribution in [0.15, 0.2) is 0 Å². The predicted octanol–water partition coefficient (Wildman–Crippen LogP) is 2.09. The number of rotatable bonds is 8. The zero-order chi connectivity index (χ0) is 11.6. The summed E-state index contributed by atoms with van der Waals surface area (Å²) in [6.45, 7) is 4.07. The predicted molar refractivity (Wildman–Crippen MR) is 66.6 cm³/mol. The van der Waals surface area contributed by atoms with E-state index in [2.05, 4.69) is 12.2 Å². The third-order valence-electron chi connectivity index (χ3n) is 3.20. The molecule has 0 aromatic heterocycles. The lowest BCUT2D eigenvalue weighted by atomic mass is 9.95. The van der Waals surface area contributed by atoms with Crippen molar-refractivity contribution in [2.24, 2.45) is 0 Å². The Balaban J connectivity index is 1.94. The Bertz CT molecular complexity index is 158. The van der Waals surface area contributed by atoms with E-state index in [-0.39, 0.29) is 6.10 Å². The molecule has 96 valence electrons. The lowest BCUT2D eigenvalue weighted by Crippen LogP contribution is -2.38. The molecule has 1 rings (SSSR count). The van der Waals surface area contributed by atoms with Gasteiger partial charge in [0.2, 0.25) is 0 Å². The van der Waals surface area contributed by atoms with Gasteiger partial charge in [-0.15, -0.1) is 0 Å². The van der Waals surface area contributed by atoms with Crippen LogP contribution in [0.25, 0.3) is 0 Å². The first kappa shape index (κ1) is 13.9. The standard InChI is InChI=1S/C13H27NO2/c1-2-3-9-16-11-13(15)10-14-12-7-5-4-6-8-12/h12-15H,2-11H2,1H3. The van der Waals surface area contributed by atoms with E-state index in [4.69, 9.17) is 4.74 Å². The van der Waals surface area contributed by atoms with Gasteiger partial charge in [-0.3, -0.25) is 0 Å². The highest BCUT2D eigenvalue weighted by molar-refractivity contribution is 4.73. The maximum Gasteiger partial charge on any atom is 0.0897 e. The average Bonchev–Trinajstić information content (AvgIpc) is 2.33. The largest absolute Gasteiger partial charge is 0.389 e. The molecule has 3 heteroatoms. The molecule has 0 spiro atoms. The zero-order valence-electron chi connectivity index (χ0n) is 10.6. The van der Waals surface area contributed by atoms with Gasteiger partial charge in [0.25, 0.3) is 0 Å². The molecular weight excluding hydrogens is 202 g/mol. The quantitative estimate of drug-likeness (QED) is 0.626. The van der Waals surface area contributed by atoms with E-state index in [9.17, 15) is 5.11 Å². The highest BCUT2D eigenvalue weighted by atomic mass is 16.5. The molecule has 0 bridgehead atoms. The van der Waals surface area contributed by atoms with Crippen molar-refractivity contribution in [1.29, 1.82) is 0 Å². The van der Waals surface area contributed by atoms with Gasteiger partial charge in [0.15, 0.2) is 0 Å². The molecule has 0 aromatic carbocycles.